The summed E-state index contributed by atoms with van der Waals surface area (Å²) in [7, 11) is -2.83. The molecule has 0 N–H and O–H groups in total. The molecule has 0 spiro atoms. The van der Waals surface area contributed by atoms with Gasteiger partial charge in [-0.3, -0.25) is 0 Å². The molecule has 0 unspecified atom stereocenters. The van der Waals surface area contributed by atoms with Gasteiger partial charge in [0, 0.05) is 0 Å². The second-order valence-electron chi connectivity index (χ2n) is 23.8. The zero-order valence-electron chi connectivity index (χ0n) is 35.4. The van der Waals surface area contributed by atoms with Crippen molar-refractivity contribution in [1.82, 2.24) is 0 Å². The Bertz CT molecular complexity index is 693. The first-order valence-electron chi connectivity index (χ1n) is 18.3. The molecule has 2 heteroatoms. The highest BCUT2D eigenvalue weighted by molar-refractivity contribution is 6.87. The molecule has 0 aromatic carbocycles. The second kappa shape index (κ2) is 15.1. The van der Waals surface area contributed by atoms with E-state index in [1.807, 2.05) is 0 Å². The van der Waals surface area contributed by atoms with Crippen LogP contribution >= 0.6 is 0 Å². The summed E-state index contributed by atoms with van der Waals surface area (Å²) in [4.78, 5) is 0. The third kappa shape index (κ3) is 16.2. The molecular weight excluding hydrogens is 549 g/mol. The van der Waals surface area contributed by atoms with Crippen LogP contribution in [0.4, 0.5) is 0 Å². The van der Waals surface area contributed by atoms with Gasteiger partial charge in [0.15, 0.2) is 0 Å². The normalized spacial score (nSPS) is 15.3. The Morgan fingerprint density at radius 3 is 0.674 bits per heavy atom. The number of rotatable bonds is 9. The highest BCUT2D eigenvalue weighted by Gasteiger charge is 2.58. The maximum absolute atomic E-state index is 2.55. The zero-order valence-corrected chi connectivity index (χ0v) is 37.4. The van der Waals surface area contributed by atoms with Crippen molar-refractivity contribution in [3.05, 3.63) is 0 Å². The lowest BCUT2D eigenvalue weighted by Crippen LogP contribution is -2.58. The Morgan fingerprint density at radius 1 is 0.279 bits per heavy atom. The van der Waals surface area contributed by atoms with Gasteiger partial charge in [-0.1, -0.05) is 216 Å². The first kappa shape index (κ1) is 45.6. The molecule has 0 aliphatic heterocycles. The van der Waals surface area contributed by atoms with Gasteiger partial charge < -0.3 is 0 Å². The molecular formula is C41H90Si2. The predicted octanol–water partition coefficient (Wildman–Crippen LogP) is 16.2. The van der Waals surface area contributed by atoms with Crippen LogP contribution in [0.15, 0.2) is 0 Å². The van der Waals surface area contributed by atoms with E-state index in [2.05, 4.69) is 166 Å². The van der Waals surface area contributed by atoms with Gasteiger partial charge in [-0.2, -0.15) is 0 Å². The minimum absolute atomic E-state index is 0.446. The molecule has 0 aliphatic carbocycles. The van der Waals surface area contributed by atoms with E-state index in [4.69, 9.17) is 0 Å². The van der Waals surface area contributed by atoms with Crippen LogP contribution in [-0.2, 0) is 0 Å². The maximum Gasteiger partial charge on any atom is 0.0697 e. The molecule has 0 rings (SSSR count). The first-order valence-corrected chi connectivity index (χ1v) is 23.2. The van der Waals surface area contributed by atoms with Crippen molar-refractivity contribution in [1.29, 1.82) is 0 Å². The maximum atomic E-state index is 2.55. The highest BCUT2D eigenvalue weighted by atomic mass is 28.3. The number of hydrogen-bond acceptors (Lipinski definition) is 0. The van der Waals surface area contributed by atoms with Gasteiger partial charge in [-0.15, -0.1) is 0 Å². The van der Waals surface area contributed by atoms with Crippen LogP contribution in [0, 0.1) is 21.7 Å². The largest absolute Gasteiger partial charge is 0.0697 e. The van der Waals surface area contributed by atoms with E-state index in [0.29, 0.717) is 41.8 Å². The lowest BCUT2D eigenvalue weighted by atomic mass is 9.91. The molecule has 262 valence electrons. The lowest BCUT2D eigenvalue weighted by Gasteiger charge is -2.60. The Kier molecular flexibility index (Phi) is 16.0. The highest BCUT2D eigenvalue weighted by Crippen LogP contribution is 2.64. The summed E-state index contributed by atoms with van der Waals surface area (Å²) in [5, 5.41) is 1.85. The lowest BCUT2D eigenvalue weighted by molar-refractivity contribution is 0.368. The van der Waals surface area contributed by atoms with Crippen LogP contribution in [0.5, 0.6) is 0 Å². The molecule has 0 aliphatic rings. The topological polar surface area (TPSA) is 0 Å². The molecule has 0 bridgehead atoms. The molecule has 0 saturated heterocycles. The van der Waals surface area contributed by atoms with Gasteiger partial charge in [-0.25, -0.2) is 0 Å². The van der Waals surface area contributed by atoms with Crippen molar-refractivity contribution < 1.29 is 0 Å². The van der Waals surface area contributed by atoms with E-state index in [9.17, 15) is 0 Å². The Balaban J connectivity index is 0. The van der Waals surface area contributed by atoms with E-state index in [0.717, 1.165) is 0 Å². The fourth-order valence-electron chi connectivity index (χ4n) is 8.73. The van der Waals surface area contributed by atoms with Crippen LogP contribution in [0.2, 0.25) is 44.3 Å². The summed E-state index contributed by atoms with van der Waals surface area (Å²) >= 11 is 0. The van der Waals surface area contributed by atoms with E-state index >= 15 is 0 Å². The molecule has 0 amide bonds. The van der Waals surface area contributed by atoms with Gasteiger partial charge in [0.1, 0.15) is 0 Å². The van der Waals surface area contributed by atoms with Gasteiger partial charge in [0.05, 0.1) is 16.1 Å². The average molecular weight is 639 g/mol. The van der Waals surface area contributed by atoms with Crippen LogP contribution in [0.3, 0.4) is 0 Å². The summed E-state index contributed by atoms with van der Waals surface area (Å²) in [6, 6.07) is 5.98. The summed E-state index contributed by atoms with van der Waals surface area (Å²) in [5.41, 5.74) is 1.86. The van der Waals surface area contributed by atoms with Crippen molar-refractivity contribution in [3.63, 3.8) is 0 Å². The number of hydrogen-bond donors (Lipinski definition) is 0. The summed E-state index contributed by atoms with van der Waals surface area (Å²) < 4.78 is 0. The summed E-state index contributed by atoms with van der Waals surface area (Å²) in [6.07, 6.45) is 6.92. The molecule has 0 heterocycles. The minimum Gasteiger partial charge on any atom is -0.0626 e. The smallest absolute Gasteiger partial charge is 0.0626 e. The SMILES string of the molecule is CC(C)(C)CCC[Si](C(C)(C)C)(C(C)(C)C)C(C)(C)C.CC(C)(C)CC[Si](CCC(C)(C)C)(CCC(C)(C)C)C(C)(C)C. The van der Waals surface area contributed by atoms with E-state index in [1.165, 1.54) is 56.3 Å². The standard InChI is InChI=1S/C22H48Si.C19H42Si/c1-19(2,3)13-16-23(22(10,11)12,17-14-20(4,5)6)18-15-21(7,8)9;1-16(2,3)14-13-15-20(17(4,5)6,18(7,8)9)19(10,11)12/h13-18H2,1-12H3;13-15H2,1-12H3. The molecule has 0 radical (unpaired) electrons. The Labute approximate surface area is 279 Å². The van der Waals surface area contributed by atoms with Gasteiger partial charge in [-0.05, 0) is 48.2 Å². The zero-order chi connectivity index (χ0) is 35.4. The first-order chi connectivity index (χ1) is 18.3. The molecule has 0 saturated carbocycles. The molecule has 0 atom stereocenters. The third-order valence-corrected chi connectivity index (χ3v) is 26.6. The summed E-state index contributed by atoms with van der Waals surface area (Å²) in [5.74, 6) is 0. The fraction of sp³-hybridized carbons (Fsp3) is 1.00. The van der Waals surface area contributed by atoms with Crippen LogP contribution < -0.4 is 0 Å². The molecule has 0 aromatic heterocycles. The van der Waals surface area contributed by atoms with Gasteiger partial charge in [0.25, 0.3) is 0 Å². The molecule has 0 fully saturated rings. The van der Waals surface area contributed by atoms with Crippen LogP contribution in [-0.4, -0.2) is 16.1 Å². The van der Waals surface area contributed by atoms with Gasteiger partial charge in [0.2, 0.25) is 0 Å². The van der Waals surface area contributed by atoms with Crippen molar-refractivity contribution >= 4 is 16.1 Å². The van der Waals surface area contributed by atoms with E-state index in [1.54, 1.807) is 0 Å². The van der Waals surface area contributed by atoms with E-state index in [-0.39, 0.29) is 0 Å². The van der Waals surface area contributed by atoms with Gasteiger partial charge >= 0.3 is 0 Å². The van der Waals surface area contributed by atoms with Crippen LogP contribution in [0.1, 0.15) is 198 Å². The Hall–Kier alpha value is 0.434. The second-order valence-corrected chi connectivity index (χ2v) is 36.2. The fourth-order valence-corrected chi connectivity index (χ4v) is 25.1. The van der Waals surface area contributed by atoms with Crippen molar-refractivity contribution in [2.45, 2.75) is 243 Å². The Morgan fingerprint density at radius 2 is 0.512 bits per heavy atom. The molecule has 43 heavy (non-hydrogen) atoms. The monoisotopic (exact) mass is 639 g/mol. The van der Waals surface area contributed by atoms with Crippen LogP contribution in [0.25, 0.3) is 0 Å². The summed E-state index contributed by atoms with van der Waals surface area (Å²) in [6.45, 7) is 59.1. The predicted molar refractivity (Wildman–Crippen MR) is 211 cm³/mol. The minimum atomic E-state index is -1.50. The van der Waals surface area contributed by atoms with Crippen molar-refractivity contribution in [2.24, 2.45) is 21.7 Å². The molecule has 0 aromatic rings. The quantitative estimate of drug-likeness (QED) is 0.220. The van der Waals surface area contributed by atoms with E-state index < -0.39 is 16.1 Å². The third-order valence-electron chi connectivity index (χ3n) is 11.0. The molecule has 0 nitrogen and oxygen atoms in total. The van der Waals surface area contributed by atoms with Crippen molar-refractivity contribution in [3.8, 4) is 0 Å². The van der Waals surface area contributed by atoms with Crippen molar-refractivity contribution in [2.75, 3.05) is 0 Å². The average Bonchev–Trinajstić information content (AvgIpc) is 2.64.